The average molecular weight is 445 g/mol. The maximum atomic E-state index is 13.5. The summed E-state index contributed by atoms with van der Waals surface area (Å²) >= 11 is 0. The third-order valence-electron chi connectivity index (χ3n) is 5.94. The second kappa shape index (κ2) is 10.2. The topological polar surface area (TPSA) is 67.9 Å². The number of nitrogens with one attached hydrogen (secondary N) is 1. The van der Waals surface area contributed by atoms with E-state index in [1.54, 1.807) is 23.1 Å². The van der Waals surface area contributed by atoms with Gasteiger partial charge in [0.25, 0.3) is 5.91 Å². The summed E-state index contributed by atoms with van der Waals surface area (Å²) in [7, 11) is 3.06. The molecule has 2 amide bonds. The highest BCUT2D eigenvalue weighted by Crippen LogP contribution is 2.30. The summed E-state index contributed by atoms with van der Waals surface area (Å²) in [5.41, 5.74) is 3.67. The molecule has 3 aromatic carbocycles. The summed E-state index contributed by atoms with van der Waals surface area (Å²) in [5, 5.41) is 2.96. The van der Waals surface area contributed by atoms with Gasteiger partial charge in [0.2, 0.25) is 5.91 Å². The number of carbonyl (C=O) groups is 2. The third kappa shape index (κ3) is 5.00. The van der Waals surface area contributed by atoms with Crippen molar-refractivity contribution in [2.24, 2.45) is 5.92 Å². The first-order chi connectivity index (χ1) is 16.1. The van der Waals surface area contributed by atoms with Crippen LogP contribution in [-0.2, 0) is 11.2 Å². The van der Waals surface area contributed by atoms with Crippen molar-refractivity contribution in [2.45, 2.75) is 6.42 Å². The molecule has 33 heavy (non-hydrogen) atoms. The van der Waals surface area contributed by atoms with Crippen molar-refractivity contribution in [3.63, 3.8) is 0 Å². The smallest absolute Gasteiger partial charge is 0.261 e. The van der Waals surface area contributed by atoms with Gasteiger partial charge in [-0.1, -0.05) is 60.7 Å². The number of carbonyl (C=O) groups excluding carboxylic acids is 2. The van der Waals surface area contributed by atoms with Crippen LogP contribution in [0.3, 0.4) is 0 Å². The van der Waals surface area contributed by atoms with Crippen molar-refractivity contribution in [1.82, 2.24) is 10.2 Å². The first-order valence-corrected chi connectivity index (χ1v) is 11.0. The molecule has 1 atom stereocenters. The van der Waals surface area contributed by atoms with Gasteiger partial charge in [-0.25, -0.2) is 0 Å². The van der Waals surface area contributed by atoms with E-state index in [1.807, 2.05) is 30.3 Å². The van der Waals surface area contributed by atoms with E-state index in [4.69, 9.17) is 9.47 Å². The largest absolute Gasteiger partial charge is 0.496 e. The fourth-order valence-corrected chi connectivity index (χ4v) is 4.25. The van der Waals surface area contributed by atoms with Crippen LogP contribution in [-0.4, -0.2) is 50.6 Å². The minimum Gasteiger partial charge on any atom is -0.496 e. The van der Waals surface area contributed by atoms with E-state index in [2.05, 4.69) is 29.6 Å². The molecule has 3 aromatic rings. The Bertz CT molecular complexity index is 1110. The molecular weight excluding hydrogens is 416 g/mol. The summed E-state index contributed by atoms with van der Waals surface area (Å²) in [6.45, 7) is 1.15. The molecule has 0 unspecified atom stereocenters. The van der Waals surface area contributed by atoms with Crippen LogP contribution in [0.4, 0.5) is 0 Å². The van der Waals surface area contributed by atoms with Gasteiger partial charge in [0, 0.05) is 19.6 Å². The Hall–Kier alpha value is -3.80. The fraction of sp³-hybridized carbons (Fsp3) is 0.259. The van der Waals surface area contributed by atoms with Crippen LogP contribution >= 0.6 is 0 Å². The zero-order valence-electron chi connectivity index (χ0n) is 18.9. The quantitative estimate of drug-likeness (QED) is 0.628. The fourth-order valence-electron chi connectivity index (χ4n) is 4.25. The summed E-state index contributed by atoms with van der Waals surface area (Å²) in [5.74, 6) is 0.305. The second-order valence-corrected chi connectivity index (χ2v) is 8.05. The molecule has 0 bridgehead atoms. The SMILES string of the molecule is COc1cccc(OC)c1C(=O)N1CCNC(=O)[C@@H](Cc2cccc(-c3ccccc3)c2)C1. The van der Waals surface area contributed by atoms with Crippen molar-refractivity contribution in [1.29, 1.82) is 0 Å². The number of amides is 2. The highest BCUT2D eigenvalue weighted by atomic mass is 16.5. The number of methoxy groups -OCH3 is 2. The first-order valence-electron chi connectivity index (χ1n) is 11.0. The molecule has 1 heterocycles. The molecule has 0 saturated carbocycles. The lowest BCUT2D eigenvalue weighted by Crippen LogP contribution is -2.37. The zero-order valence-corrected chi connectivity index (χ0v) is 18.9. The Balaban J connectivity index is 1.57. The van der Waals surface area contributed by atoms with E-state index >= 15 is 0 Å². The lowest BCUT2D eigenvalue weighted by atomic mass is 9.95. The normalized spacial score (nSPS) is 16.0. The maximum absolute atomic E-state index is 13.5. The van der Waals surface area contributed by atoms with Crippen LogP contribution in [0.5, 0.6) is 11.5 Å². The Morgan fingerprint density at radius 1 is 0.939 bits per heavy atom. The van der Waals surface area contributed by atoms with E-state index in [1.165, 1.54) is 14.2 Å². The standard InChI is InChI=1S/C27H28N2O4/c1-32-23-12-7-13-24(33-2)25(23)27(31)29-15-14-28-26(30)22(18-29)17-19-8-6-11-21(16-19)20-9-4-3-5-10-20/h3-13,16,22H,14-15,17-18H2,1-2H3,(H,28,30)/t22-/m0/s1. The molecule has 1 N–H and O–H groups in total. The molecule has 6 heteroatoms. The molecule has 0 radical (unpaired) electrons. The van der Waals surface area contributed by atoms with Gasteiger partial charge in [-0.15, -0.1) is 0 Å². The van der Waals surface area contributed by atoms with Gasteiger partial charge < -0.3 is 19.7 Å². The number of benzene rings is 3. The van der Waals surface area contributed by atoms with Crippen molar-refractivity contribution in [3.05, 3.63) is 83.9 Å². The molecule has 1 aliphatic rings. The van der Waals surface area contributed by atoms with E-state index in [9.17, 15) is 9.59 Å². The minimum absolute atomic E-state index is 0.0394. The summed E-state index contributed by atoms with van der Waals surface area (Å²) in [4.78, 5) is 28.0. The van der Waals surface area contributed by atoms with Gasteiger partial charge in [0.1, 0.15) is 17.1 Å². The molecule has 6 nitrogen and oxygen atoms in total. The molecule has 0 aliphatic carbocycles. The van der Waals surface area contributed by atoms with Crippen molar-refractivity contribution in [3.8, 4) is 22.6 Å². The van der Waals surface area contributed by atoms with Crippen LogP contribution in [0.15, 0.2) is 72.8 Å². The van der Waals surface area contributed by atoms with Crippen molar-refractivity contribution < 1.29 is 19.1 Å². The van der Waals surface area contributed by atoms with Crippen LogP contribution in [0.2, 0.25) is 0 Å². The minimum atomic E-state index is -0.358. The molecule has 1 aliphatic heterocycles. The Kier molecular flexibility index (Phi) is 6.93. The molecule has 170 valence electrons. The van der Waals surface area contributed by atoms with Gasteiger partial charge in [-0.3, -0.25) is 9.59 Å². The second-order valence-electron chi connectivity index (χ2n) is 8.05. The molecule has 1 saturated heterocycles. The highest BCUT2D eigenvalue weighted by Gasteiger charge is 2.31. The Morgan fingerprint density at radius 3 is 2.30 bits per heavy atom. The van der Waals surface area contributed by atoms with Gasteiger partial charge in [-0.05, 0) is 35.2 Å². The lowest BCUT2D eigenvalue weighted by molar-refractivity contribution is -0.124. The molecule has 0 spiro atoms. The predicted octanol–water partition coefficient (Wildman–Crippen LogP) is 3.80. The van der Waals surface area contributed by atoms with E-state index < -0.39 is 0 Å². The molecule has 0 aromatic heterocycles. The number of hydrogen-bond acceptors (Lipinski definition) is 4. The Morgan fingerprint density at radius 2 is 1.61 bits per heavy atom. The van der Waals surface area contributed by atoms with Crippen LogP contribution < -0.4 is 14.8 Å². The number of hydrogen-bond donors (Lipinski definition) is 1. The predicted molar refractivity (Wildman–Crippen MR) is 128 cm³/mol. The lowest BCUT2D eigenvalue weighted by Gasteiger charge is -2.25. The van der Waals surface area contributed by atoms with E-state index in [-0.39, 0.29) is 17.7 Å². The molecular formula is C27H28N2O4. The maximum Gasteiger partial charge on any atom is 0.261 e. The third-order valence-corrected chi connectivity index (χ3v) is 5.94. The summed E-state index contributed by atoms with van der Waals surface area (Å²) < 4.78 is 10.8. The summed E-state index contributed by atoms with van der Waals surface area (Å²) in [6, 6.07) is 23.6. The first kappa shape index (κ1) is 22.4. The molecule has 1 fully saturated rings. The van der Waals surface area contributed by atoms with Crippen LogP contribution in [0.1, 0.15) is 15.9 Å². The number of nitrogens with zero attached hydrogens (tertiary/aromatic N) is 1. The Labute approximate surface area is 194 Å². The average Bonchev–Trinajstić information content (AvgIpc) is 3.05. The van der Waals surface area contributed by atoms with Crippen molar-refractivity contribution >= 4 is 11.8 Å². The monoisotopic (exact) mass is 444 g/mol. The van der Waals surface area contributed by atoms with Gasteiger partial charge in [0.15, 0.2) is 0 Å². The van der Waals surface area contributed by atoms with Crippen molar-refractivity contribution in [2.75, 3.05) is 33.9 Å². The zero-order chi connectivity index (χ0) is 23.2. The van der Waals surface area contributed by atoms with E-state index in [0.717, 1.165) is 16.7 Å². The highest BCUT2D eigenvalue weighted by molar-refractivity contribution is 6.00. The molecule has 4 rings (SSSR count). The van der Waals surface area contributed by atoms with Gasteiger partial charge >= 0.3 is 0 Å². The summed E-state index contributed by atoms with van der Waals surface area (Å²) in [6.07, 6.45) is 0.541. The van der Waals surface area contributed by atoms with E-state index in [0.29, 0.717) is 43.1 Å². The van der Waals surface area contributed by atoms with Gasteiger partial charge in [0.05, 0.1) is 20.1 Å². The van der Waals surface area contributed by atoms with Gasteiger partial charge in [-0.2, -0.15) is 0 Å². The number of rotatable bonds is 6. The van der Waals surface area contributed by atoms with Crippen LogP contribution in [0.25, 0.3) is 11.1 Å². The number of ether oxygens (including phenoxy) is 2. The van der Waals surface area contributed by atoms with Crippen LogP contribution in [0, 0.1) is 5.92 Å².